The molecule has 0 saturated heterocycles. The van der Waals surface area contributed by atoms with Crippen molar-refractivity contribution in [1.82, 2.24) is 15.5 Å². The fourth-order valence-electron chi connectivity index (χ4n) is 3.99. The number of rotatable bonds is 7. The summed E-state index contributed by atoms with van der Waals surface area (Å²) in [7, 11) is 1.71. The quantitative estimate of drug-likeness (QED) is 0.543. The lowest BCUT2D eigenvalue weighted by Crippen LogP contribution is -2.31. The molecular weight excluding hydrogens is 408 g/mol. The molecule has 1 unspecified atom stereocenters. The molecule has 1 atom stereocenters. The van der Waals surface area contributed by atoms with Gasteiger partial charge in [0.1, 0.15) is 5.75 Å². The van der Waals surface area contributed by atoms with E-state index in [4.69, 9.17) is 9.26 Å². The zero-order chi connectivity index (χ0) is 22.7. The summed E-state index contributed by atoms with van der Waals surface area (Å²) in [6, 6.07) is 11.3. The van der Waals surface area contributed by atoms with Gasteiger partial charge in [0.15, 0.2) is 0 Å². The number of ether oxygens (including phenoxy) is 1. The molecule has 2 heterocycles. The Morgan fingerprint density at radius 1 is 1.38 bits per heavy atom. The zero-order valence-electron chi connectivity index (χ0n) is 18.3. The fourth-order valence-corrected chi connectivity index (χ4v) is 3.99. The van der Waals surface area contributed by atoms with Crippen LogP contribution in [0.5, 0.6) is 5.75 Å². The van der Waals surface area contributed by atoms with Crippen LogP contribution in [-0.4, -0.2) is 47.1 Å². The van der Waals surface area contributed by atoms with Gasteiger partial charge in [0, 0.05) is 36.0 Å². The predicted octanol–water partition coefficient (Wildman–Crippen LogP) is 3.90. The molecule has 0 fully saturated rings. The third kappa shape index (κ3) is 4.55. The van der Waals surface area contributed by atoms with Crippen LogP contribution >= 0.6 is 0 Å². The molecule has 0 aliphatic carbocycles. The van der Waals surface area contributed by atoms with Crippen LogP contribution in [-0.2, 0) is 11.2 Å². The second-order valence-electron chi connectivity index (χ2n) is 7.96. The highest BCUT2D eigenvalue weighted by Gasteiger charge is 2.25. The molecule has 2 N–H and O–H groups in total. The molecular formula is C24H26N4O4. The number of hydrogen-bond donors (Lipinski definition) is 2. The van der Waals surface area contributed by atoms with Crippen molar-refractivity contribution >= 4 is 12.2 Å². The Labute approximate surface area is 186 Å². The van der Waals surface area contributed by atoms with Crippen LogP contribution in [0.1, 0.15) is 43.0 Å². The highest BCUT2D eigenvalue weighted by molar-refractivity contribution is 5.85. The molecule has 32 heavy (non-hydrogen) atoms. The number of nitrogens with one attached hydrogen (secondary N) is 1. The Morgan fingerprint density at radius 3 is 2.97 bits per heavy atom. The van der Waals surface area contributed by atoms with Crippen LogP contribution in [0.15, 0.2) is 45.9 Å². The van der Waals surface area contributed by atoms with Gasteiger partial charge in [-0.25, -0.2) is 0 Å². The molecule has 0 radical (unpaired) electrons. The number of benzene rings is 2. The van der Waals surface area contributed by atoms with Gasteiger partial charge in [-0.2, -0.15) is 4.98 Å². The highest BCUT2D eigenvalue weighted by atomic mass is 16.5. The van der Waals surface area contributed by atoms with Gasteiger partial charge < -0.3 is 19.7 Å². The van der Waals surface area contributed by atoms with Gasteiger partial charge >= 0.3 is 5.97 Å². The first-order valence-corrected chi connectivity index (χ1v) is 10.6. The van der Waals surface area contributed by atoms with Crippen LogP contribution < -0.4 is 10.1 Å². The molecule has 0 saturated carbocycles. The van der Waals surface area contributed by atoms with Gasteiger partial charge in [-0.1, -0.05) is 23.4 Å². The predicted molar refractivity (Wildman–Crippen MR) is 121 cm³/mol. The maximum absolute atomic E-state index is 11.3. The largest absolute Gasteiger partial charge is 0.490 e. The third-order valence-corrected chi connectivity index (χ3v) is 5.29. The Balaban J connectivity index is 1.68. The molecule has 8 nitrogen and oxygen atoms in total. The Hall–Kier alpha value is -3.52. The van der Waals surface area contributed by atoms with Crippen LogP contribution in [0.2, 0.25) is 0 Å². The Bertz CT molecular complexity index is 1150. The van der Waals surface area contributed by atoms with Crippen molar-refractivity contribution in [2.24, 2.45) is 4.99 Å². The average molecular weight is 434 g/mol. The minimum atomic E-state index is -0.834. The summed E-state index contributed by atoms with van der Waals surface area (Å²) in [5.74, 6) is 0.790. The summed E-state index contributed by atoms with van der Waals surface area (Å²) >= 11 is 0. The normalized spacial score (nSPS) is 15.8. The van der Waals surface area contributed by atoms with E-state index >= 15 is 0 Å². The van der Waals surface area contributed by atoms with Gasteiger partial charge in [0.25, 0.3) is 5.89 Å². The van der Waals surface area contributed by atoms with E-state index in [1.807, 2.05) is 50.2 Å². The lowest BCUT2D eigenvalue weighted by atomic mass is 9.89. The number of aliphatic imine (C=N–C) groups is 1. The number of carboxylic acid groups (broad SMARTS) is 1. The molecule has 0 amide bonds. The van der Waals surface area contributed by atoms with Crippen molar-refractivity contribution in [3.8, 4) is 28.6 Å². The van der Waals surface area contributed by atoms with Crippen LogP contribution in [0, 0.1) is 0 Å². The monoisotopic (exact) mass is 434 g/mol. The van der Waals surface area contributed by atoms with Crippen molar-refractivity contribution in [3.63, 3.8) is 0 Å². The van der Waals surface area contributed by atoms with Gasteiger partial charge in [0.05, 0.1) is 12.5 Å². The van der Waals surface area contributed by atoms with Crippen molar-refractivity contribution in [2.45, 2.75) is 38.8 Å². The molecule has 4 rings (SSSR count). The van der Waals surface area contributed by atoms with E-state index in [1.54, 1.807) is 13.3 Å². The molecule has 0 spiro atoms. The molecule has 1 aromatic heterocycles. The highest BCUT2D eigenvalue weighted by Crippen LogP contribution is 2.34. The molecule has 1 aliphatic rings. The topological polar surface area (TPSA) is 110 Å². The summed E-state index contributed by atoms with van der Waals surface area (Å²) in [6.07, 6.45) is 2.58. The molecule has 166 valence electrons. The number of carboxylic acids is 1. The average Bonchev–Trinajstić information content (AvgIpc) is 3.24. The van der Waals surface area contributed by atoms with E-state index in [1.165, 1.54) is 0 Å². The number of aromatic nitrogens is 2. The summed E-state index contributed by atoms with van der Waals surface area (Å²) in [5.41, 5.74) is 4.50. The smallest absolute Gasteiger partial charge is 0.305 e. The molecule has 2 aromatic carbocycles. The number of fused-ring (bicyclic) bond motifs is 1. The summed E-state index contributed by atoms with van der Waals surface area (Å²) in [5, 5.41) is 16.7. The number of hydrogen-bond acceptors (Lipinski definition) is 7. The van der Waals surface area contributed by atoms with Crippen molar-refractivity contribution in [1.29, 1.82) is 0 Å². The Kier molecular flexibility index (Phi) is 6.32. The number of carbonyl (C=O) groups is 1. The molecule has 8 heteroatoms. The first-order chi connectivity index (χ1) is 15.5. The second kappa shape index (κ2) is 9.32. The standard InChI is InChI=1S/C24H26N4O4/c1-14(2)31-21-8-7-15(11-16(21)13-25-3)24-27-23(28-32-24)19-6-4-5-18-17(19)9-10-26-20(18)12-22(29)30/h4-8,11,13-14,20,26H,9-10,12H2,1-3H3,(H,29,30). The first kappa shape index (κ1) is 21.7. The van der Waals surface area contributed by atoms with Gasteiger partial charge in [0.2, 0.25) is 5.82 Å². The number of nitrogens with zero attached hydrogens (tertiary/aromatic N) is 3. The summed E-state index contributed by atoms with van der Waals surface area (Å²) in [6.45, 7) is 4.65. The SMILES string of the molecule is CN=Cc1cc(-c2nc(-c3cccc4c3CCNC4CC(=O)O)no2)ccc1OC(C)C. The minimum Gasteiger partial charge on any atom is -0.490 e. The van der Waals surface area contributed by atoms with E-state index in [9.17, 15) is 9.90 Å². The van der Waals surface area contributed by atoms with Gasteiger partial charge in [-0.15, -0.1) is 0 Å². The van der Waals surface area contributed by atoms with Crippen molar-refractivity contribution in [2.75, 3.05) is 13.6 Å². The molecule has 3 aromatic rings. The summed E-state index contributed by atoms with van der Waals surface area (Å²) in [4.78, 5) is 20.0. The van der Waals surface area contributed by atoms with Crippen molar-refractivity contribution < 1.29 is 19.2 Å². The van der Waals surface area contributed by atoms with E-state index in [0.717, 1.165) is 40.0 Å². The minimum absolute atomic E-state index is 0.0283. The number of aliphatic carboxylic acids is 1. The lowest BCUT2D eigenvalue weighted by Gasteiger charge is -2.27. The van der Waals surface area contributed by atoms with Crippen molar-refractivity contribution in [3.05, 3.63) is 53.1 Å². The first-order valence-electron chi connectivity index (χ1n) is 10.6. The van der Waals surface area contributed by atoms with Crippen LogP contribution in [0.25, 0.3) is 22.8 Å². The van der Waals surface area contributed by atoms with E-state index in [-0.39, 0.29) is 18.6 Å². The molecule has 0 bridgehead atoms. The zero-order valence-corrected chi connectivity index (χ0v) is 18.3. The third-order valence-electron chi connectivity index (χ3n) is 5.29. The van der Waals surface area contributed by atoms with E-state index in [0.29, 0.717) is 18.3 Å². The molecule has 1 aliphatic heterocycles. The lowest BCUT2D eigenvalue weighted by molar-refractivity contribution is -0.137. The van der Waals surface area contributed by atoms with Crippen LogP contribution in [0.4, 0.5) is 0 Å². The summed E-state index contributed by atoms with van der Waals surface area (Å²) < 4.78 is 11.4. The van der Waals surface area contributed by atoms with Gasteiger partial charge in [-0.3, -0.25) is 9.79 Å². The maximum atomic E-state index is 11.3. The van der Waals surface area contributed by atoms with E-state index in [2.05, 4.69) is 20.4 Å². The van der Waals surface area contributed by atoms with Crippen LogP contribution in [0.3, 0.4) is 0 Å². The second-order valence-corrected chi connectivity index (χ2v) is 7.96. The maximum Gasteiger partial charge on any atom is 0.305 e. The Morgan fingerprint density at radius 2 is 2.22 bits per heavy atom. The fraction of sp³-hybridized carbons (Fsp3) is 0.333. The van der Waals surface area contributed by atoms with E-state index < -0.39 is 5.97 Å². The van der Waals surface area contributed by atoms with Gasteiger partial charge in [-0.05, 0) is 56.1 Å².